The Labute approximate surface area is 147 Å². The molecule has 0 saturated heterocycles. The fraction of sp³-hybridized carbons (Fsp3) is 0.952. The normalized spacial score (nSPS) is 12.7. The molecule has 0 aromatic rings. The highest BCUT2D eigenvalue weighted by atomic mass is 16.3. The predicted molar refractivity (Wildman–Crippen MR) is 104 cm³/mol. The highest BCUT2D eigenvalue weighted by Crippen LogP contribution is 2.35. The minimum atomic E-state index is 0.306. The number of aliphatic hydroxyl groups is 1. The van der Waals surface area contributed by atoms with Gasteiger partial charge in [0.15, 0.2) is 0 Å². The Balaban J connectivity index is -0.000000234. The van der Waals surface area contributed by atoms with Gasteiger partial charge in [-0.25, -0.2) is 0 Å². The van der Waals surface area contributed by atoms with E-state index in [9.17, 15) is 0 Å². The molecule has 0 bridgehead atoms. The maximum absolute atomic E-state index is 8.14. The molecule has 0 aromatic carbocycles. The molecule has 0 heterocycles. The van der Waals surface area contributed by atoms with Crippen LogP contribution in [-0.2, 0) is 0 Å². The zero-order valence-electron chi connectivity index (χ0n) is 17.5. The summed E-state index contributed by atoms with van der Waals surface area (Å²) >= 11 is 0. The third-order valence-corrected chi connectivity index (χ3v) is 3.58. The number of nitriles is 1. The number of hydrogen-bond donors (Lipinski definition) is 1. The Morgan fingerprint density at radius 1 is 0.913 bits per heavy atom. The molecule has 1 aliphatic carbocycles. The standard InChI is InChI=1S/C6H11N.C6H12.C5H12.C4H10O/c1-6(2)4-3-5-7;1-5(2)6-3-4-6;1-4-5(2)3;1-4(2)3-5/h6H,3-4H2,1-2H3;5-6H,3-4H2,1-2H3;5H,4H2,1-3H3;4-5H,3H2,1-2H3. The largest absolute Gasteiger partial charge is 0.396 e. The second-order valence-electron chi connectivity index (χ2n) is 8.05. The minimum absolute atomic E-state index is 0.306. The molecule has 0 amide bonds. The van der Waals surface area contributed by atoms with E-state index in [1.54, 1.807) is 0 Å². The summed E-state index contributed by atoms with van der Waals surface area (Å²) in [6.45, 7) is 19.7. The third kappa shape index (κ3) is 38.9. The molecule has 0 unspecified atom stereocenters. The smallest absolute Gasteiger partial charge is 0.0621 e. The summed E-state index contributed by atoms with van der Waals surface area (Å²) in [6, 6.07) is 2.10. The molecule has 23 heavy (non-hydrogen) atoms. The molecule has 0 atom stereocenters. The molecule has 1 N–H and O–H groups in total. The van der Waals surface area contributed by atoms with Crippen LogP contribution in [0.15, 0.2) is 0 Å². The van der Waals surface area contributed by atoms with Crippen molar-refractivity contribution < 1.29 is 5.11 Å². The molecule has 1 fully saturated rings. The minimum Gasteiger partial charge on any atom is -0.396 e. The van der Waals surface area contributed by atoms with Crippen LogP contribution in [0, 0.1) is 40.9 Å². The SMILES string of the molecule is CC(C)C1CC1.CC(C)CCC#N.CC(C)CO.CCC(C)C. The van der Waals surface area contributed by atoms with Crippen LogP contribution < -0.4 is 0 Å². The van der Waals surface area contributed by atoms with Crippen molar-refractivity contribution in [3.05, 3.63) is 0 Å². The molecule has 0 spiro atoms. The van der Waals surface area contributed by atoms with E-state index in [0.717, 1.165) is 24.2 Å². The Bertz CT molecular complexity index is 239. The van der Waals surface area contributed by atoms with E-state index in [2.05, 4.69) is 54.5 Å². The maximum Gasteiger partial charge on any atom is 0.0621 e. The van der Waals surface area contributed by atoms with Crippen LogP contribution >= 0.6 is 0 Å². The van der Waals surface area contributed by atoms with Gasteiger partial charge in [0.1, 0.15) is 0 Å². The summed E-state index contributed by atoms with van der Waals surface area (Å²) in [7, 11) is 0. The van der Waals surface area contributed by atoms with Crippen LogP contribution in [0.1, 0.15) is 94.4 Å². The first-order chi connectivity index (χ1) is 10.6. The summed E-state index contributed by atoms with van der Waals surface area (Å²) in [4.78, 5) is 0. The highest BCUT2D eigenvalue weighted by molar-refractivity contribution is 4.75. The van der Waals surface area contributed by atoms with Gasteiger partial charge in [-0.1, -0.05) is 68.7 Å². The van der Waals surface area contributed by atoms with Gasteiger partial charge < -0.3 is 5.11 Å². The molecule has 1 saturated carbocycles. The lowest BCUT2D eigenvalue weighted by Gasteiger charge is -1.94. The summed E-state index contributed by atoms with van der Waals surface area (Å²) < 4.78 is 0. The predicted octanol–water partition coefficient (Wildman–Crippen LogP) is 6.69. The second-order valence-corrected chi connectivity index (χ2v) is 8.05. The van der Waals surface area contributed by atoms with Gasteiger partial charge in [-0.2, -0.15) is 5.26 Å². The summed E-state index contributed by atoms with van der Waals surface area (Å²) in [5, 5.41) is 16.2. The van der Waals surface area contributed by atoms with E-state index >= 15 is 0 Å². The van der Waals surface area contributed by atoms with Crippen molar-refractivity contribution in [1.82, 2.24) is 0 Å². The number of aliphatic hydroxyl groups excluding tert-OH is 1. The highest BCUT2D eigenvalue weighted by Gasteiger charge is 2.23. The third-order valence-electron chi connectivity index (χ3n) is 3.58. The van der Waals surface area contributed by atoms with Gasteiger partial charge in [0, 0.05) is 13.0 Å². The molecule has 1 aliphatic rings. The topological polar surface area (TPSA) is 44.0 Å². The van der Waals surface area contributed by atoms with E-state index in [1.807, 2.05) is 13.8 Å². The Kier molecular flexibility index (Phi) is 23.1. The maximum atomic E-state index is 8.14. The molecular weight excluding hydrogens is 282 g/mol. The van der Waals surface area contributed by atoms with Crippen LogP contribution in [0.2, 0.25) is 0 Å². The van der Waals surface area contributed by atoms with Crippen LogP contribution in [-0.4, -0.2) is 11.7 Å². The summed E-state index contributed by atoms with van der Waals surface area (Å²) in [6.07, 6.45) is 6.05. The van der Waals surface area contributed by atoms with Crippen molar-refractivity contribution >= 4 is 0 Å². The van der Waals surface area contributed by atoms with Gasteiger partial charge in [-0.05, 0) is 48.9 Å². The fourth-order valence-electron chi connectivity index (χ4n) is 1.12. The van der Waals surface area contributed by atoms with E-state index in [-0.39, 0.29) is 0 Å². The fourth-order valence-corrected chi connectivity index (χ4v) is 1.12. The van der Waals surface area contributed by atoms with Gasteiger partial charge in [0.25, 0.3) is 0 Å². The van der Waals surface area contributed by atoms with E-state index < -0.39 is 0 Å². The molecule has 0 aliphatic heterocycles. The van der Waals surface area contributed by atoms with Gasteiger partial charge in [-0.15, -0.1) is 0 Å². The van der Waals surface area contributed by atoms with Gasteiger partial charge >= 0.3 is 0 Å². The monoisotopic (exact) mass is 327 g/mol. The zero-order valence-corrected chi connectivity index (χ0v) is 17.5. The summed E-state index contributed by atoms with van der Waals surface area (Å²) in [5.74, 6) is 4.07. The molecule has 0 radical (unpaired) electrons. The first-order valence-electron chi connectivity index (χ1n) is 9.59. The first kappa shape index (κ1) is 27.3. The van der Waals surface area contributed by atoms with Crippen molar-refractivity contribution in [2.24, 2.45) is 29.6 Å². The van der Waals surface area contributed by atoms with Crippen LogP contribution in [0.25, 0.3) is 0 Å². The van der Waals surface area contributed by atoms with Crippen molar-refractivity contribution in [3.8, 4) is 6.07 Å². The van der Waals surface area contributed by atoms with Gasteiger partial charge in [0.2, 0.25) is 0 Å². The lowest BCUT2D eigenvalue weighted by atomic mass is 10.1. The van der Waals surface area contributed by atoms with Crippen LogP contribution in [0.5, 0.6) is 0 Å². The molecular formula is C21H45NO. The van der Waals surface area contributed by atoms with E-state index in [1.165, 1.54) is 19.3 Å². The van der Waals surface area contributed by atoms with Crippen LogP contribution in [0.4, 0.5) is 0 Å². The molecule has 0 aromatic heterocycles. The first-order valence-corrected chi connectivity index (χ1v) is 9.59. The quantitative estimate of drug-likeness (QED) is 0.611. The van der Waals surface area contributed by atoms with Gasteiger partial charge in [-0.3, -0.25) is 0 Å². The van der Waals surface area contributed by atoms with Crippen molar-refractivity contribution in [2.45, 2.75) is 94.4 Å². The number of rotatable bonds is 5. The van der Waals surface area contributed by atoms with Crippen molar-refractivity contribution in [2.75, 3.05) is 6.61 Å². The second kappa shape index (κ2) is 19.5. The lowest BCUT2D eigenvalue weighted by Crippen LogP contribution is -1.90. The number of nitrogens with zero attached hydrogens (tertiary/aromatic N) is 1. The average Bonchev–Trinajstić information content (AvgIpc) is 3.31. The molecule has 1 rings (SSSR count). The Hall–Kier alpha value is -0.550. The van der Waals surface area contributed by atoms with E-state index in [4.69, 9.17) is 10.4 Å². The van der Waals surface area contributed by atoms with Crippen LogP contribution in [0.3, 0.4) is 0 Å². The molecule has 2 nitrogen and oxygen atoms in total. The number of hydrogen-bond acceptors (Lipinski definition) is 2. The average molecular weight is 328 g/mol. The van der Waals surface area contributed by atoms with E-state index in [0.29, 0.717) is 24.9 Å². The molecule has 2 heteroatoms. The van der Waals surface area contributed by atoms with Crippen molar-refractivity contribution in [3.63, 3.8) is 0 Å². The lowest BCUT2D eigenvalue weighted by molar-refractivity contribution is 0.248. The Morgan fingerprint density at radius 2 is 1.30 bits per heavy atom. The summed E-state index contributed by atoms with van der Waals surface area (Å²) in [5.41, 5.74) is 0. The Morgan fingerprint density at radius 3 is 1.35 bits per heavy atom. The van der Waals surface area contributed by atoms with Gasteiger partial charge in [0.05, 0.1) is 6.07 Å². The zero-order chi connectivity index (χ0) is 18.8. The molecule has 140 valence electrons. The van der Waals surface area contributed by atoms with Crippen molar-refractivity contribution in [1.29, 1.82) is 5.26 Å².